The van der Waals surface area contributed by atoms with Crippen LogP contribution in [0.2, 0.25) is 0 Å². The minimum atomic E-state index is -0.108. The summed E-state index contributed by atoms with van der Waals surface area (Å²) in [6.07, 6.45) is 0. The molecule has 0 atom stereocenters. The molecule has 0 aliphatic rings. The van der Waals surface area contributed by atoms with Gasteiger partial charge in [-0.3, -0.25) is 9.59 Å². The molecule has 0 saturated carbocycles. The molecule has 7 heteroatoms. The van der Waals surface area contributed by atoms with E-state index in [0.717, 1.165) is 5.56 Å². The predicted octanol–water partition coefficient (Wildman–Crippen LogP) is 3.42. The highest BCUT2D eigenvalue weighted by molar-refractivity contribution is 8.01. The summed E-state index contributed by atoms with van der Waals surface area (Å²) in [5.41, 5.74) is 1.81. The van der Waals surface area contributed by atoms with Crippen molar-refractivity contribution in [1.29, 1.82) is 0 Å². The summed E-state index contributed by atoms with van der Waals surface area (Å²) in [5, 5.41) is 11.0. The number of hydrogen-bond donors (Lipinski definition) is 1. The lowest BCUT2D eigenvalue weighted by atomic mass is 10.1. The zero-order chi connectivity index (χ0) is 16.1. The first kappa shape index (κ1) is 16.6. The average Bonchev–Trinajstić information content (AvgIpc) is 2.93. The average molecular weight is 335 g/mol. The number of hydrogen-bond acceptors (Lipinski definition) is 6. The molecule has 5 nitrogen and oxygen atoms in total. The van der Waals surface area contributed by atoms with Crippen LogP contribution in [0.3, 0.4) is 0 Å². The van der Waals surface area contributed by atoms with E-state index >= 15 is 0 Å². The third kappa shape index (κ3) is 4.64. The maximum absolute atomic E-state index is 12.1. The number of Topliss-reactive ketones (excluding diaryl/α,β-unsaturated/α-hetero) is 1. The lowest BCUT2D eigenvalue weighted by Gasteiger charge is -2.02. The molecule has 2 aromatic rings. The van der Waals surface area contributed by atoms with Crippen LogP contribution in [0.15, 0.2) is 28.6 Å². The number of nitrogens with one attached hydrogen (secondary N) is 1. The Labute approximate surface area is 137 Å². The molecule has 0 unspecified atom stereocenters. The second kappa shape index (κ2) is 7.51. The molecule has 1 amide bonds. The van der Waals surface area contributed by atoms with Gasteiger partial charge < -0.3 is 5.32 Å². The van der Waals surface area contributed by atoms with Crippen LogP contribution in [-0.2, 0) is 4.79 Å². The van der Waals surface area contributed by atoms with Gasteiger partial charge in [-0.2, -0.15) is 0 Å². The molecule has 116 valence electrons. The van der Waals surface area contributed by atoms with E-state index in [-0.39, 0.29) is 17.6 Å². The quantitative estimate of drug-likeness (QED) is 0.497. The Morgan fingerprint density at radius 3 is 2.55 bits per heavy atom. The van der Waals surface area contributed by atoms with E-state index in [1.54, 1.807) is 0 Å². The fraction of sp³-hybridized carbons (Fsp3) is 0.333. The third-order valence-corrected chi connectivity index (χ3v) is 4.83. The molecule has 1 aromatic heterocycles. The Balaban J connectivity index is 1.89. The van der Waals surface area contributed by atoms with Crippen LogP contribution in [0.25, 0.3) is 0 Å². The number of rotatable bonds is 6. The molecule has 0 aliphatic heterocycles. The number of carbonyl (C=O) groups excluding carboxylic acids is 2. The van der Waals surface area contributed by atoms with Crippen LogP contribution in [0.1, 0.15) is 29.8 Å². The van der Waals surface area contributed by atoms with Crippen LogP contribution in [0.4, 0.5) is 5.13 Å². The molecule has 2 rings (SSSR count). The number of aromatic nitrogens is 2. The molecule has 0 spiro atoms. The van der Waals surface area contributed by atoms with Gasteiger partial charge in [0.25, 0.3) is 0 Å². The number of nitrogens with zero attached hydrogens (tertiary/aromatic N) is 2. The lowest BCUT2D eigenvalue weighted by Crippen LogP contribution is -2.17. The highest BCUT2D eigenvalue weighted by Crippen LogP contribution is 2.26. The van der Waals surface area contributed by atoms with E-state index in [4.69, 9.17) is 0 Å². The van der Waals surface area contributed by atoms with Crippen molar-refractivity contribution in [2.45, 2.75) is 25.1 Å². The van der Waals surface area contributed by atoms with Crippen molar-refractivity contribution in [3.05, 3.63) is 35.4 Å². The molecule has 0 saturated heterocycles. The van der Waals surface area contributed by atoms with Crippen LogP contribution in [-0.4, -0.2) is 27.6 Å². The summed E-state index contributed by atoms with van der Waals surface area (Å²) in [6, 6.07) is 7.49. The monoisotopic (exact) mass is 335 g/mol. The zero-order valence-electron chi connectivity index (χ0n) is 12.6. The molecule has 0 radical (unpaired) electrons. The fourth-order valence-electron chi connectivity index (χ4n) is 1.52. The Kier molecular flexibility index (Phi) is 5.68. The standard InChI is InChI=1S/C15H17N3O2S2/c1-9(2)13(20)16-14-17-18-15(22-14)21-8-12(19)11-6-4-10(3)5-7-11/h4-7,9H,8H2,1-3H3,(H,16,17,20). The molecule has 0 fully saturated rings. The first-order chi connectivity index (χ1) is 10.5. The number of aryl methyl sites for hydroxylation is 1. The van der Waals surface area contributed by atoms with E-state index in [2.05, 4.69) is 15.5 Å². The van der Waals surface area contributed by atoms with Crippen molar-refractivity contribution >= 4 is 39.9 Å². The summed E-state index contributed by atoms with van der Waals surface area (Å²) in [7, 11) is 0. The summed E-state index contributed by atoms with van der Waals surface area (Å²) in [4.78, 5) is 23.6. The van der Waals surface area contributed by atoms with Crippen LogP contribution < -0.4 is 5.32 Å². The number of amides is 1. The largest absolute Gasteiger partial charge is 0.300 e. The highest BCUT2D eigenvalue weighted by atomic mass is 32.2. The molecule has 0 aliphatic carbocycles. The van der Waals surface area contributed by atoms with Gasteiger partial charge in [-0.25, -0.2) is 0 Å². The van der Waals surface area contributed by atoms with Gasteiger partial charge in [0.1, 0.15) is 0 Å². The van der Waals surface area contributed by atoms with Gasteiger partial charge in [0.2, 0.25) is 11.0 Å². The summed E-state index contributed by atoms with van der Waals surface area (Å²) >= 11 is 2.60. The van der Waals surface area contributed by atoms with Crippen molar-refractivity contribution in [2.75, 3.05) is 11.1 Å². The van der Waals surface area contributed by atoms with E-state index in [1.807, 2.05) is 45.0 Å². The normalized spacial score (nSPS) is 10.7. The summed E-state index contributed by atoms with van der Waals surface area (Å²) in [6.45, 7) is 5.61. The molecule has 1 heterocycles. The van der Waals surface area contributed by atoms with Crippen molar-refractivity contribution in [1.82, 2.24) is 10.2 Å². The SMILES string of the molecule is Cc1ccc(C(=O)CSc2nnc(NC(=O)C(C)C)s2)cc1. The minimum absolute atomic E-state index is 0.0490. The topological polar surface area (TPSA) is 72.0 Å². The number of ketones is 1. The van der Waals surface area contributed by atoms with Crippen LogP contribution in [0.5, 0.6) is 0 Å². The van der Waals surface area contributed by atoms with Crippen molar-refractivity contribution in [2.24, 2.45) is 5.92 Å². The van der Waals surface area contributed by atoms with Crippen molar-refractivity contribution in [3.63, 3.8) is 0 Å². The smallest absolute Gasteiger partial charge is 0.228 e. The van der Waals surface area contributed by atoms with Gasteiger partial charge in [-0.05, 0) is 6.92 Å². The number of thioether (sulfide) groups is 1. The number of carbonyl (C=O) groups is 2. The second-order valence-corrected chi connectivity index (χ2v) is 7.29. The maximum atomic E-state index is 12.1. The lowest BCUT2D eigenvalue weighted by molar-refractivity contribution is -0.118. The van der Waals surface area contributed by atoms with Crippen molar-refractivity contribution < 1.29 is 9.59 Å². The second-order valence-electron chi connectivity index (χ2n) is 5.09. The molecule has 22 heavy (non-hydrogen) atoms. The van der Waals surface area contributed by atoms with E-state index in [0.29, 0.717) is 20.8 Å². The van der Waals surface area contributed by atoms with Gasteiger partial charge >= 0.3 is 0 Å². The molecule has 0 bridgehead atoms. The number of benzene rings is 1. The van der Waals surface area contributed by atoms with Crippen LogP contribution >= 0.6 is 23.1 Å². The minimum Gasteiger partial charge on any atom is -0.300 e. The van der Waals surface area contributed by atoms with Gasteiger partial charge in [-0.15, -0.1) is 10.2 Å². The van der Waals surface area contributed by atoms with Crippen LogP contribution in [0, 0.1) is 12.8 Å². The zero-order valence-corrected chi connectivity index (χ0v) is 14.3. The first-order valence-corrected chi connectivity index (χ1v) is 8.63. The van der Waals surface area contributed by atoms with E-state index in [9.17, 15) is 9.59 Å². The van der Waals surface area contributed by atoms with Gasteiger partial charge in [-0.1, -0.05) is 66.8 Å². The van der Waals surface area contributed by atoms with Gasteiger partial charge in [0, 0.05) is 11.5 Å². The van der Waals surface area contributed by atoms with E-state index < -0.39 is 0 Å². The van der Waals surface area contributed by atoms with Gasteiger partial charge in [0.05, 0.1) is 5.75 Å². The summed E-state index contributed by atoms with van der Waals surface area (Å²) in [5.74, 6) is 0.148. The molecule has 1 aromatic carbocycles. The van der Waals surface area contributed by atoms with E-state index in [1.165, 1.54) is 23.1 Å². The third-order valence-electron chi connectivity index (χ3n) is 2.86. The first-order valence-electron chi connectivity index (χ1n) is 6.82. The molecular formula is C15H17N3O2S2. The van der Waals surface area contributed by atoms with Gasteiger partial charge in [0.15, 0.2) is 10.1 Å². The molecule has 1 N–H and O–H groups in total. The maximum Gasteiger partial charge on any atom is 0.228 e. The Bertz CT molecular complexity index is 666. The predicted molar refractivity (Wildman–Crippen MR) is 89.6 cm³/mol. The Hall–Kier alpha value is -1.73. The summed E-state index contributed by atoms with van der Waals surface area (Å²) < 4.78 is 0.666. The molecular weight excluding hydrogens is 318 g/mol. The Morgan fingerprint density at radius 1 is 1.23 bits per heavy atom. The Morgan fingerprint density at radius 2 is 1.91 bits per heavy atom. The fourth-order valence-corrected chi connectivity index (χ4v) is 3.17. The highest BCUT2D eigenvalue weighted by Gasteiger charge is 2.13. The number of anilines is 1. The van der Waals surface area contributed by atoms with Crippen molar-refractivity contribution in [3.8, 4) is 0 Å².